The number of unbranched alkanes of at least 4 members (excludes halogenated alkanes) is 2. The van der Waals surface area contributed by atoms with Gasteiger partial charge in [-0.3, -0.25) is 4.90 Å². The van der Waals surface area contributed by atoms with E-state index in [0.717, 1.165) is 38.4 Å². The molecule has 1 aromatic heterocycles. The van der Waals surface area contributed by atoms with Crippen LogP contribution in [0.25, 0.3) is 0 Å². The number of rotatable bonds is 10. The lowest BCUT2D eigenvalue weighted by Gasteiger charge is -2.25. The molecule has 1 saturated heterocycles. The Morgan fingerprint density at radius 2 is 2.14 bits per heavy atom. The highest BCUT2D eigenvalue weighted by atomic mass is 15.5. The summed E-state index contributed by atoms with van der Waals surface area (Å²) in [5, 5.41) is 15.8. The van der Waals surface area contributed by atoms with E-state index in [1.807, 2.05) is 4.68 Å². The van der Waals surface area contributed by atoms with Gasteiger partial charge in [0.1, 0.15) is 0 Å². The molecule has 2 heterocycles. The predicted molar refractivity (Wildman–Crippen MR) is 83.9 cm³/mol. The fourth-order valence-electron chi connectivity index (χ4n) is 2.86. The lowest BCUT2D eigenvalue weighted by atomic mass is 10.2. The van der Waals surface area contributed by atoms with Crippen molar-refractivity contribution in [2.24, 2.45) is 0 Å². The molecule has 1 aliphatic heterocycles. The molecule has 0 saturated carbocycles. The summed E-state index contributed by atoms with van der Waals surface area (Å²) in [5.74, 6) is 1.01. The highest BCUT2D eigenvalue weighted by Gasteiger charge is 2.19. The van der Waals surface area contributed by atoms with Crippen LogP contribution in [-0.4, -0.2) is 50.8 Å². The molecule has 1 aromatic rings. The monoisotopic (exact) mass is 294 g/mol. The van der Waals surface area contributed by atoms with Crippen LogP contribution < -0.4 is 5.32 Å². The Balaban J connectivity index is 1.91. The first-order valence-corrected chi connectivity index (χ1v) is 8.54. The maximum atomic E-state index is 4.23. The Labute approximate surface area is 128 Å². The molecular weight excluding hydrogens is 264 g/mol. The van der Waals surface area contributed by atoms with Gasteiger partial charge in [-0.2, -0.15) is 0 Å². The van der Waals surface area contributed by atoms with Crippen LogP contribution in [0.15, 0.2) is 0 Å². The Morgan fingerprint density at radius 3 is 2.86 bits per heavy atom. The van der Waals surface area contributed by atoms with Crippen molar-refractivity contribution in [2.45, 2.75) is 71.5 Å². The van der Waals surface area contributed by atoms with Gasteiger partial charge in [-0.05, 0) is 49.2 Å². The van der Waals surface area contributed by atoms with Crippen LogP contribution in [0.5, 0.6) is 0 Å². The third kappa shape index (κ3) is 5.36. The zero-order chi connectivity index (χ0) is 14.9. The molecule has 0 spiro atoms. The largest absolute Gasteiger partial charge is 0.313 e. The van der Waals surface area contributed by atoms with E-state index < -0.39 is 0 Å². The Morgan fingerprint density at radius 1 is 1.29 bits per heavy atom. The first-order chi connectivity index (χ1) is 10.3. The summed E-state index contributed by atoms with van der Waals surface area (Å²) in [4.78, 5) is 2.51. The Hall–Kier alpha value is -1.01. The molecule has 6 nitrogen and oxygen atoms in total. The van der Waals surface area contributed by atoms with Crippen molar-refractivity contribution in [3.8, 4) is 0 Å². The predicted octanol–water partition coefficient (Wildman–Crippen LogP) is 1.83. The minimum Gasteiger partial charge on any atom is -0.313 e. The molecule has 2 rings (SSSR count). The second-order valence-corrected chi connectivity index (χ2v) is 6.05. The van der Waals surface area contributed by atoms with Crippen LogP contribution in [0, 0.1) is 0 Å². The molecule has 0 aliphatic carbocycles. The average molecular weight is 294 g/mol. The molecule has 1 fully saturated rings. The standard InChI is InChI=1S/C15H30N6/c1-3-5-10-20(12-14-8-7-9-16-14)13-15-17-18-19-21(15)11-6-4-2/h14,16H,3-13H2,1-2H3. The number of nitrogens with one attached hydrogen (secondary N) is 1. The number of hydrogen-bond acceptors (Lipinski definition) is 5. The van der Waals surface area contributed by atoms with Gasteiger partial charge in [0, 0.05) is 19.1 Å². The van der Waals surface area contributed by atoms with Crippen LogP contribution in [-0.2, 0) is 13.1 Å². The van der Waals surface area contributed by atoms with E-state index in [2.05, 4.69) is 39.6 Å². The second-order valence-electron chi connectivity index (χ2n) is 6.05. The van der Waals surface area contributed by atoms with E-state index in [-0.39, 0.29) is 0 Å². The first kappa shape index (κ1) is 16.4. The topological polar surface area (TPSA) is 58.9 Å². The molecule has 6 heteroatoms. The number of aromatic nitrogens is 4. The van der Waals surface area contributed by atoms with Crippen molar-refractivity contribution in [1.82, 2.24) is 30.4 Å². The van der Waals surface area contributed by atoms with Crippen LogP contribution in [0.3, 0.4) is 0 Å². The van der Waals surface area contributed by atoms with Gasteiger partial charge < -0.3 is 5.32 Å². The van der Waals surface area contributed by atoms with Gasteiger partial charge in [-0.15, -0.1) is 5.10 Å². The van der Waals surface area contributed by atoms with Crippen molar-refractivity contribution < 1.29 is 0 Å². The third-order valence-corrected chi connectivity index (χ3v) is 4.16. The first-order valence-electron chi connectivity index (χ1n) is 8.54. The van der Waals surface area contributed by atoms with E-state index in [1.165, 1.54) is 38.6 Å². The van der Waals surface area contributed by atoms with Gasteiger partial charge in [0.25, 0.3) is 0 Å². The quantitative estimate of drug-likeness (QED) is 0.713. The third-order valence-electron chi connectivity index (χ3n) is 4.16. The summed E-state index contributed by atoms with van der Waals surface area (Å²) in [5.41, 5.74) is 0. The van der Waals surface area contributed by atoms with Gasteiger partial charge in [0.15, 0.2) is 5.82 Å². The smallest absolute Gasteiger partial charge is 0.165 e. The molecule has 0 radical (unpaired) electrons. The average Bonchev–Trinajstić information content (AvgIpc) is 3.14. The summed E-state index contributed by atoms with van der Waals surface area (Å²) >= 11 is 0. The lowest BCUT2D eigenvalue weighted by molar-refractivity contribution is 0.227. The van der Waals surface area contributed by atoms with Crippen LogP contribution in [0.1, 0.15) is 58.2 Å². The maximum absolute atomic E-state index is 4.23. The number of hydrogen-bond donors (Lipinski definition) is 1. The minimum absolute atomic E-state index is 0.641. The fourth-order valence-corrected chi connectivity index (χ4v) is 2.86. The summed E-state index contributed by atoms with van der Waals surface area (Å²) in [6, 6.07) is 0.641. The second kappa shape index (κ2) is 9.10. The molecule has 0 aromatic carbocycles. The molecule has 120 valence electrons. The van der Waals surface area contributed by atoms with E-state index in [0.29, 0.717) is 6.04 Å². The van der Waals surface area contributed by atoms with Gasteiger partial charge in [0.05, 0.1) is 6.54 Å². The fraction of sp³-hybridized carbons (Fsp3) is 0.933. The van der Waals surface area contributed by atoms with Crippen LogP contribution in [0.2, 0.25) is 0 Å². The maximum Gasteiger partial charge on any atom is 0.165 e. The van der Waals surface area contributed by atoms with E-state index in [4.69, 9.17) is 0 Å². The normalized spacial score (nSPS) is 18.7. The molecule has 1 aliphatic rings. The highest BCUT2D eigenvalue weighted by molar-refractivity contribution is 4.84. The van der Waals surface area contributed by atoms with Crippen molar-refractivity contribution in [3.63, 3.8) is 0 Å². The lowest BCUT2D eigenvalue weighted by Crippen LogP contribution is -2.38. The highest BCUT2D eigenvalue weighted by Crippen LogP contribution is 2.10. The van der Waals surface area contributed by atoms with Crippen molar-refractivity contribution in [3.05, 3.63) is 5.82 Å². The zero-order valence-electron chi connectivity index (χ0n) is 13.6. The Bertz CT molecular complexity index is 385. The molecule has 21 heavy (non-hydrogen) atoms. The molecule has 1 unspecified atom stereocenters. The molecule has 1 N–H and O–H groups in total. The summed E-state index contributed by atoms with van der Waals surface area (Å²) in [6.07, 6.45) is 7.38. The van der Waals surface area contributed by atoms with E-state index in [9.17, 15) is 0 Å². The Kier molecular flexibility index (Phi) is 7.09. The molecule has 0 bridgehead atoms. The molecular formula is C15H30N6. The molecule has 0 amide bonds. The number of tetrazole rings is 1. The van der Waals surface area contributed by atoms with Crippen LogP contribution >= 0.6 is 0 Å². The number of nitrogens with zero attached hydrogens (tertiary/aromatic N) is 5. The number of aryl methyl sites for hydroxylation is 1. The van der Waals surface area contributed by atoms with Crippen molar-refractivity contribution in [1.29, 1.82) is 0 Å². The zero-order valence-corrected chi connectivity index (χ0v) is 13.6. The summed E-state index contributed by atoms with van der Waals surface area (Å²) in [6.45, 7) is 9.66. The van der Waals surface area contributed by atoms with Crippen LogP contribution in [0.4, 0.5) is 0 Å². The van der Waals surface area contributed by atoms with E-state index in [1.54, 1.807) is 0 Å². The summed E-state index contributed by atoms with van der Waals surface area (Å²) < 4.78 is 1.98. The molecule has 1 atom stereocenters. The van der Waals surface area contributed by atoms with Gasteiger partial charge >= 0.3 is 0 Å². The SMILES string of the molecule is CCCCN(Cc1nnnn1CCCC)CC1CCCN1. The van der Waals surface area contributed by atoms with Gasteiger partial charge in [0.2, 0.25) is 0 Å². The minimum atomic E-state index is 0.641. The van der Waals surface area contributed by atoms with Crippen molar-refractivity contribution in [2.75, 3.05) is 19.6 Å². The van der Waals surface area contributed by atoms with Crippen molar-refractivity contribution >= 4 is 0 Å². The van der Waals surface area contributed by atoms with Gasteiger partial charge in [-0.25, -0.2) is 4.68 Å². The van der Waals surface area contributed by atoms with E-state index >= 15 is 0 Å². The summed E-state index contributed by atoms with van der Waals surface area (Å²) in [7, 11) is 0. The van der Waals surface area contributed by atoms with Gasteiger partial charge in [-0.1, -0.05) is 26.7 Å².